The second-order valence-corrected chi connectivity index (χ2v) is 8.33. The van der Waals surface area contributed by atoms with Crippen LogP contribution in [0, 0.1) is 0 Å². The van der Waals surface area contributed by atoms with Gasteiger partial charge in [0.05, 0.1) is 17.1 Å². The number of carbonyl (C=O) groups excluding carboxylic acids is 1. The molecule has 0 aliphatic carbocycles. The molecule has 2 aromatic carbocycles. The van der Waals surface area contributed by atoms with Crippen molar-refractivity contribution >= 4 is 15.9 Å². The van der Waals surface area contributed by atoms with Crippen LogP contribution in [0.15, 0.2) is 83.9 Å². The second kappa shape index (κ2) is 10.00. The van der Waals surface area contributed by atoms with Crippen molar-refractivity contribution < 1.29 is 17.9 Å². The quantitative estimate of drug-likeness (QED) is 0.549. The fourth-order valence-electron chi connectivity index (χ4n) is 2.72. The van der Waals surface area contributed by atoms with Crippen molar-refractivity contribution in [2.24, 2.45) is 0 Å². The summed E-state index contributed by atoms with van der Waals surface area (Å²) in [6.45, 7) is 1.92. The van der Waals surface area contributed by atoms with E-state index >= 15 is 0 Å². The SMILES string of the molecule is C[C@H](NS(=O)(=O)c1ccc(OCC(=O)NCc2ccccn2)cc1)c1ccccc1. The van der Waals surface area contributed by atoms with Crippen molar-refractivity contribution in [3.8, 4) is 5.75 Å². The van der Waals surface area contributed by atoms with Crippen LogP contribution in [-0.2, 0) is 21.4 Å². The average Bonchev–Trinajstić information content (AvgIpc) is 2.77. The van der Waals surface area contributed by atoms with Crippen LogP contribution >= 0.6 is 0 Å². The number of amides is 1. The zero-order valence-electron chi connectivity index (χ0n) is 16.5. The van der Waals surface area contributed by atoms with Gasteiger partial charge >= 0.3 is 0 Å². The van der Waals surface area contributed by atoms with Crippen LogP contribution in [0.25, 0.3) is 0 Å². The summed E-state index contributed by atoms with van der Waals surface area (Å²) in [6, 6.07) is 20.4. The lowest BCUT2D eigenvalue weighted by Gasteiger charge is -2.15. The molecule has 7 nitrogen and oxygen atoms in total. The molecule has 3 rings (SSSR count). The van der Waals surface area contributed by atoms with E-state index in [-0.39, 0.29) is 23.5 Å². The fraction of sp³-hybridized carbons (Fsp3) is 0.182. The molecule has 156 valence electrons. The van der Waals surface area contributed by atoms with Gasteiger partial charge in [0, 0.05) is 12.2 Å². The first-order chi connectivity index (χ1) is 14.4. The van der Waals surface area contributed by atoms with E-state index in [0.717, 1.165) is 11.3 Å². The molecule has 30 heavy (non-hydrogen) atoms. The topological polar surface area (TPSA) is 97.4 Å². The van der Waals surface area contributed by atoms with Crippen LogP contribution in [-0.4, -0.2) is 25.9 Å². The molecule has 0 fully saturated rings. The number of sulfonamides is 1. The highest BCUT2D eigenvalue weighted by atomic mass is 32.2. The molecule has 0 unspecified atom stereocenters. The number of carbonyl (C=O) groups is 1. The molecular weight excluding hydrogens is 402 g/mol. The third-order valence-electron chi connectivity index (χ3n) is 4.33. The molecule has 0 aliphatic heterocycles. The monoisotopic (exact) mass is 425 g/mol. The Hall–Kier alpha value is -3.23. The second-order valence-electron chi connectivity index (χ2n) is 6.61. The van der Waals surface area contributed by atoms with Gasteiger partial charge in [-0.15, -0.1) is 0 Å². The summed E-state index contributed by atoms with van der Waals surface area (Å²) in [5, 5.41) is 2.71. The molecule has 0 radical (unpaired) electrons. The van der Waals surface area contributed by atoms with E-state index < -0.39 is 10.0 Å². The van der Waals surface area contributed by atoms with Crippen molar-refractivity contribution in [1.82, 2.24) is 15.0 Å². The van der Waals surface area contributed by atoms with Gasteiger partial charge < -0.3 is 10.1 Å². The van der Waals surface area contributed by atoms with E-state index in [1.165, 1.54) is 24.3 Å². The Bertz CT molecular complexity index is 1060. The Labute approximate surface area is 176 Å². The average molecular weight is 426 g/mol. The van der Waals surface area contributed by atoms with Crippen LogP contribution in [0.4, 0.5) is 0 Å². The molecule has 0 saturated heterocycles. The lowest BCUT2D eigenvalue weighted by Crippen LogP contribution is -2.28. The molecule has 1 atom stereocenters. The summed E-state index contributed by atoms with van der Waals surface area (Å²) < 4.78 is 33.3. The minimum Gasteiger partial charge on any atom is -0.484 e. The van der Waals surface area contributed by atoms with Crippen LogP contribution < -0.4 is 14.8 Å². The molecule has 0 aliphatic rings. The van der Waals surface area contributed by atoms with Gasteiger partial charge in [-0.3, -0.25) is 9.78 Å². The van der Waals surface area contributed by atoms with Crippen molar-refractivity contribution in [2.45, 2.75) is 24.4 Å². The van der Waals surface area contributed by atoms with Crippen molar-refractivity contribution in [1.29, 1.82) is 0 Å². The maximum Gasteiger partial charge on any atom is 0.258 e. The normalized spacial score (nSPS) is 12.2. The van der Waals surface area contributed by atoms with E-state index in [9.17, 15) is 13.2 Å². The molecule has 1 amide bonds. The Morgan fingerprint density at radius 2 is 1.70 bits per heavy atom. The van der Waals surface area contributed by atoms with Crippen molar-refractivity contribution in [3.05, 3.63) is 90.3 Å². The van der Waals surface area contributed by atoms with Gasteiger partial charge in [0.2, 0.25) is 10.0 Å². The van der Waals surface area contributed by atoms with Gasteiger partial charge in [0.15, 0.2) is 6.61 Å². The maximum atomic E-state index is 12.6. The van der Waals surface area contributed by atoms with Crippen molar-refractivity contribution in [2.75, 3.05) is 6.61 Å². The minimum atomic E-state index is -3.69. The van der Waals surface area contributed by atoms with Gasteiger partial charge in [0.25, 0.3) is 5.91 Å². The summed E-state index contributed by atoms with van der Waals surface area (Å²) in [6.07, 6.45) is 1.66. The first-order valence-electron chi connectivity index (χ1n) is 9.41. The van der Waals surface area contributed by atoms with Crippen LogP contribution in [0.5, 0.6) is 5.75 Å². The largest absolute Gasteiger partial charge is 0.484 e. The summed E-state index contributed by atoms with van der Waals surface area (Å²) >= 11 is 0. The third-order valence-corrected chi connectivity index (χ3v) is 5.88. The molecule has 1 heterocycles. The molecule has 8 heteroatoms. The highest BCUT2D eigenvalue weighted by Crippen LogP contribution is 2.19. The van der Waals surface area contributed by atoms with Crippen LogP contribution in [0.2, 0.25) is 0 Å². The first-order valence-corrected chi connectivity index (χ1v) is 10.9. The number of ether oxygens (including phenoxy) is 1. The molecule has 0 spiro atoms. The van der Waals surface area contributed by atoms with Crippen LogP contribution in [0.1, 0.15) is 24.2 Å². The van der Waals surface area contributed by atoms with Gasteiger partial charge in [-0.25, -0.2) is 13.1 Å². The van der Waals surface area contributed by atoms with Gasteiger partial charge in [0.1, 0.15) is 5.75 Å². The summed E-state index contributed by atoms with van der Waals surface area (Å²) in [5.41, 5.74) is 1.62. The third kappa shape index (κ3) is 6.13. The summed E-state index contributed by atoms with van der Waals surface area (Å²) in [4.78, 5) is 16.1. The number of benzene rings is 2. The molecular formula is C22H23N3O4S. The van der Waals surface area contributed by atoms with Gasteiger partial charge in [-0.2, -0.15) is 0 Å². The Morgan fingerprint density at radius 1 is 1.00 bits per heavy atom. The number of rotatable bonds is 9. The summed E-state index contributed by atoms with van der Waals surface area (Å²) in [5.74, 6) is 0.105. The number of nitrogens with zero attached hydrogens (tertiary/aromatic N) is 1. The summed E-state index contributed by atoms with van der Waals surface area (Å²) in [7, 11) is -3.69. The van der Waals surface area contributed by atoms with Gasteiger partial charge in [-0.05, 0) is 48.9 Å². The van der Waals surface area contributed by atoms with Crippen LogP contribution in [0.3, 0.4) is 0 Å². The molecule has 2 N–H and O–H groups in total. The number of hydrogen-bond acceptors (Lipinski definition) is 5. The smallest absolute Gasteiger partial charge is 0.258 e. The minimum absolute atomic E-state index is 0.122. The Morgan fingerprint density at radius 3 is 2.37 bits per heavy atom. The standard InChI is InChI=1S/C22H23N3O4S/c1-17(18-7-3-2-4-8-18)25-30(27,28)21-12-10-20(11-13-21)29-16-22(26)24-15-19-9-5-6-14-23-19/h2-14,17,25H,15-16H2,1H3,(H,24,26)/t17-/m0/s1. The number of nitrogens with one attached hydrogen (secondary N) is 2. The fourth-order valence-corrected chi connectivity index (χ4v) is 3.95. The first kappa shape index (κ1) is 21.5. The highest BCUT2D eigenvalue weighted by Gasteiger charge is 2.18. The predicted octanol–water partition coefficient (Wildman–Crippen LogP) is 2.82. The Balaban J connectivity index is 1.52. The van der Waals surface area contributed by atoms with Gasteiger partial charge in [-0.1, -0.05) is 36.4 Å². The number of hydrogen-bond donors (Lipinski definition) is 2. The Kier molecular flexibility index (Phi) is 7.16. The zero-order chi connectivity index (χ0) is 21.4. The lowest BCUT2D eigenvalue weighted by molar-refractivity contribution is -0.123. The molecule has 1 aromatic heterocycles. The molecule has 3 aromatic rings. The molecule has 0 bridgehead atoms. The van der Waals surface area contributed by atoms with E-state index in [2.05, 4.69) is 15.0 Å². The van der Waals surface area contributed by atoms with Crippen molar-refractivity contribution in [3.63, 3.8) is 0 Å². The van der Waals surface area contributed by atoms with E-state index in [1.807, 2.05) is 42.5 Å². The number of aromatic nitrogens is 1. The molecule has 0 saturated carbocycles. The number of pyridine rings is 1. The van der Waals surface area contributed by atoms with E-state index in [4.69, 9.17) is 4.74 Å². The highest BCUT2D eigenvalue weighted by molar-refractivity contribution is 7.89. The van der Waals surface area contributed by atoms with E-state index in [1.54, 1.807) is 19.2 Å². The van der Waals surface area contributed by atoms with E-state index in [0.29, 0.717) is 12.3 Å². The zero-order valence-corrected chi connectivity index (χ0v) is 17.3. The maximum absolute atomic E-state index is 12.6. The lowest BCUT2D eigenvalue weighted by atomic mass is 10.1. The predicted molar refractivity (Wildman–Crippen MR) is 113 cm³/mol.